The summed E-state index contributed by atoms with van der Waals surface area (Å²) in [5.41, 5.74) is 3.22. The highest BCUT2D eigenvalue weighted by Gasteiger charge is 2.27. The van der Waals surface area contributed by atoms with Crippen molar-refractivity contribution >= 4 is 16.9 Å². The van der Waals surface area contributed by atoms with Crippen molar-refractivity contribution in [2.75, 3.05) is 5.75 Å². The third kappa shape index (κ3) is 5.87. The molecule has 27 heavy (non-hydrogen) atoms. The molecule has 146 valence electrons. The Morgan fingerprint density at radius 2 is 1.44 bits per heavy atom. The number of aryl methyl sites for hydroxylation is 1. The second-order valence-corrected chi connectivity index (χ2v) is 10.2. The van der Waals surface area contributed by atoms with Crippen molar-refractivity contribution in [3.8, 4) is 5.75 Å². The summed E-state index contributed by atoms with van der Waals surface area (Å²) in [6, 6.07) is 14.1. The summed E-state index contributed by atoms with van der Waals surface area (Å²) >= 11 is 1.37. The molecule has 0 saturated carbocycles. The number of hydrogen-bond donors (Lipinski definition) is 1. The topological polar surface area (TPSA) is 37.3 Å². The largest absolute Gasteiger partial charge is 0.507 e. The van der Waals surface area contributed by atoms with Gasteiger partial charge in [0.15, 0.2) is 0 Å². The molecule has 0 saturated heterocycles. The Morgan fingerprint density at radius 3 is 1.93 bits per heavy atom. The second-order valence-electron chi connectivity index (χ2n) is 9.15. The predicted molar refractivity (Wildman–Crippen MR) is 117 cm³/mol. The molecule has 0 heterocycles. The van der Waals surface area contributed by atoms with Gasteiger partial charge >= 0.3 is 0 Å². The molecule has 2 rings (SSSR count). The zero-order chi connectivity index (χ0) is 20.2. The fourth-order valence-electron chi connectivity index (χ4n) is 3.06. The van der Waals surface area contributed by atoms with Crippen LogP contribution in [0, 0.1) is 0 Å². The normalized spacial score (nSPS) is 12.2. The smallest absolute Gasteiger partial charge is 0.219 e. The van der Waals surface area contributed by atoms with Gasteiger partial charge in [0, 0.05) is 22.4 Å². The Balaban J connectivity index is 2.15. The van der Waals surface area contributed by atoms with Crippen molar-refractivity contribution in [3.05, 3.63) is 64.7 Å². The maximum absolute atomic E-state index is 12.8. The zero-order valence-corrected chi connectivity index (χ0v) is 18.2. The first-order chi connectivity index (χ1) is 12.5. The van der Waals surface area contributed by atoms with Crippen LogP contribution in [0.2, 0.25) is 0 Å². The molecule has 2 aromatic rings. The summed E-state index contributed by atoms with van der Waals surface area (Å²) in [6.07, 6.45) is 1.95. The van der Waals surface area contributed by atoms with E-state index < -0.39 is 0 Å². The van der Waals surface area contributed by atoms with Crippen molar-refractivity contribution in [2.24, 2.45) is 0 Å². The van der Waals surface area contributed by atoms with Gasteiger partial charge in [-0.15, -0.1) is 0 Å². The van der Waals surface area contributed by atoms with Gasteiger partial charge in [0.2, 0.25) is 5.12 Å². The summed E-state index contributed by atoms with van der Waals surface area (Å²) < 4.78 is 0. The third-order valence-electron chi connectivity index (χ3n) is 4.65. The third-order valence-corrected chi connectivity index (χ3v) is 5.64. The minimum atomic E-state index is -0.224. The first kappa shape index (κ1) is 21.6. The number of carbonyl (C=O) groups excluding carboxylic acids is 1. The van der Waals surface area contributed by atoms with Crippen LogP contribution in [0.5, 0.6) is 5.75 Å². The summed E-state index contributed by atoms with van der Waals surface area (Å²) in [4.78, 5) is 12.8. The van der Waals surface area contributed by atoms with E-state index in [-0.39, 0.29) is 15.9 Å². The molecule has 0 aliphatic heterocycles. The molecule has 0 aromatic heterocycles. The molecular weight excluding hydrogens is 352 g/mol. The molecule has 1 N–H and O–H groups in total. The molecule has 2 nitrogen and oxygen atoms in total. The summed E-state index contributed by atoms with van der Waals surface area (Å²) in [6.45, 7) is 12.4. The van der Waals surface area contributed by atoms with Crippen molar-refractivity contribution in [1.29, 1.82) is 0 Å². The van der Waals surface area contributed by atoms with Crippen LogP contribution in [0.4, 0.5) is 0 Å². The molecule has 0 unspecified atom stereocenters. The first-order valence-corrected chi connectivity index (χ1v) is 10.6. The van der Waals surface area contributed by atoms with E-state index >= 15 is 0 Å². The van der Waals surface area contributed by atoms with Crippen LogP contribution in [-0.2, 0) is 17.3 Å². The van der Waals surface area contributed by atoms with Crippen molar-refractivity contribution in [1.82, 2.24) is 0 Å². The van der Waals surface area contributed by atoms with E-state index in [2.05, 4.69) is 53.7 Å². The second kappa shape index (κ2) is 8.52. The van der Waals surface area contributed by atoms with Gasteiger partial charge in [0.25, 0.3) is 0 Å². The highest BCUT2D eigenvalue weighted by atomic mass is 32.2. The Bertz CT molecular complexity index is 745. The van der Waals surface area contributed by atoms with Gasteiger partial charge in [-0.1, -0.05) is 83.6 Å². The van der Waals surface area contributed by atoms with E-state index in [0.717, 1.165) is 29.7 Å². The number of thioether (sulfide) groups is 1. The van der Waals surface area contributed by atoms with Crippen LogP contribution in [0.1, 0.15) is 75.0 Å². The molecule has 0 fully saturated rings. The lowest BCUT2D eigenvalue weighted by molar-refractivity contribution is 0.108. The number of hydrogen-bond acceptors (Lipinski definition) is 3. The Hall–Kier alpha value is -1.74. The SMILES string of the molecule is CC(C)(C)c1cc(C(=O)SCCCc2ccccc2)cc(C(C)(C)C)c1O. The average Bonchev–Trinajstić information content (AvgIpc) is 2.57. The first-order valence-electron chi connectivity index (χ1n) is 9.59. The van der Waals surface area contributed by atoms with Crippen molar-refractivity contribution in [2.45, 2.75) is 65.2 Å². The van der Waals surface area contributed by atoms with Gasteiger partial charge in [-0.25, -0.2) is 0 Å². The molecule has 0 amide bonds. The van der Waals surface area contributed by atoms with Gasteiger partial charge in [0.1, 0.15) is 5.75 Å². The van der Waals surface area contributed by atoms with Gasteiger partial charge in [-0.05, 0) is 41.4 Å². The molecule has 0 spiro atoms. The molecule has 0 aliphatic carbocycles. The van der Waals surface area contributed by atoms with Crippen LogP contribution in [-0.4, -0.2) is 16.0 Å². The van der Waals surface area contributed by atoms with E-state index in [9.17, 15) is 9.90 Å². The number of phenols is 1. The monoisotopic (exact) mass is 384 g/mol. The molecule has 0 aliphatic rings. The number of benzene rings is 2. The lowest BCUT2D eigenvalue weighted by Crippen LogP contribution is -2.18. The fraction of sp³-hybridized carbons (Fsp3) is 0.458. The molecular formula is C24H32O2S. The molecule has 3 heteroatoms. The number of carbonyl (C=O) groups is 1. The van der Waals surface area contributed by atoms with E-state index in [1.165, 1.54) is 17.3 Å². The van der Waals surface area contributed by atoms with Gasteiger partial charge < -0.3 is 5.11 Å². The molecule has 0 bridgehead atoms. The number of phenolic OH excluding ortho intramolecular Hbond substituents is 1. The number of aromatic hydroxyl groups is 1. The van der Waals surface area contributed by atoms with Crippen LogP contribution in [0.25, 0.3) is 0 Å². The average molecular weight is 385 g/mol. The minimum Gasteiger partial charge on any atom is -0.507 e. The van der Waals surface area contributed by atoms with E-state index in [1.807, 2.05) is 30.3 Å². The van der Waals surface area contributed by atoms with Crippen LogP contribution in [0.3, 0.4) is 0 Å². The standard InChI is InChI=1S/C24H32O2S/c1-23(2,3)19-15-18(16-20(21(19)25)24(4,5)6)22(26)27-14-10-13-17-11-8-7-9-12-17/h7-9,11-12,15-16,25H,10,13-14H2,1-6H3. The van der Waals surface area contributed by atoms with Gasteiger partial charge in [-0.2, -0.15) is 0 Å². The summed E-state index contributed by atoms with van der Waals surface area (Å²) in [7, 11) is 0. The van der Waals surface area contributed by atoms with Crippen LogP contribution >= 0.6 is 11.8 Å². The van der Waals surface area contributed by atoms with E-state index in [0.29, 0.717) is 11.3 Å². The molecule has 0 atom stereocenters. The Kier molecular flexibility index (Phi) is 6.80. The lowest BCUT2D eigenvalue weighted by Gasteiger charge is -2.28. The van der Waals surface area contributed by atoms with Crippen molar-refractivity contribution in [3.63, 3.8) is 0 Å². The quantitative estimate of drug-likeness (QED) is 0.598. The summed E-state index contributed by atoms with van der Waals surface area (Å²) in [5.74, 6) is 1.12. The molecule has 2 aromatic carbocycles. The highest BCUT2D eigenvalue weighted by Crippen LogP contribution is 2.40. The van der Waals surface area contributed by atoms with Crippen LogP contribution in [0.15, 0.2) is 42.5 Å². The fourth-order valence-corrected chi connectivity index (χ4v) is 3.82. The zero-order valence-electron chi connectivity index (χ0n) is 17.4. The van der Waals surface area contributed by atoms with Crippen molar-refractivity contribution < 1.29 is 9.90 Å². The van der Waals surface area contributed by atoms with Crippen LogP contribution < -0.4 is 0 Å². The Labute approximate surface area is 168 Å². The van der Waals surface area contributed by atoms with E-state index in [1.54, 1.807) is 0 Å². The minimum absolute atomic E-state index is 0.0825. The Morgan fingerprint density at radius 1 is 0.926 bits per heavy atom. The maximum Gasteiger partial charge on any atom is 0.219 e. The lowest BCUT2D eigenvalue weighted by atomic mass is 9.78. The van der Waals surface area contributed by atoms with Gasteiger partial charge in [0.05, 0.1) is 0 Å². The molecule has 0 radical (unpaired) electrons. The number of rotatable bonds is 5. The predicted octanol–water partition coefficient (Wildman–Crippen LogP) is 6.49. The highest BCUT2D eigenvalue weighted by molar-refractivity contribution is 8.14. The van der Waals surface area contributed by atoms with Gasteiger partial charge in [-0.3, -0.25) is 4.79 Å². The maximum atomic E-state index is 12.8. The van der Waals surface area contributed by atoms with E-state index in [4.69, 9.17) is 0 Å². The summed E-state index contributed by atoms with van der Waals surface area (Å²) in [5, 5.41) is 10.9.